The molecule has 0 radical (unpaired) electrons. The minimum absolute atomic E-state index is 0.0605. The Kier molecular flexibility index (Phi) is 3.75. The molecule has 2 fully saturated rings. The normalized spacial score (nSPS) is 18.1. The van der Waals surface area contributed by atoms with Crippen LogP contribution in [0.25, 0.3) is 0 Å². The molecule has 1 aliphatic heterocycles. The van der Waals surface area contributed by atoms with Gasteiger partial charge in [-0.25, -0.2) is 9.97 Å². The fourth-order valence-corrected chi connectivity index (χ4v) is 3.23. The van der Waals surface area contributed by atoms with E-state index in [-0.39, 0.29) is 5.91 Å². The van der Waals surface area contributed by atoms with Crippen LogP contribution in [0.3, 0.4) is 0 Å². The van der Waals surface area contributed by atoms with E-state index in [4.69, 9.17) is 9.40 Å². The third kappa shape index (κ3) is 2.88. The molecule has 24 heavy (non-hydrogen) atoms. The van der Waals surface area contributed by atoms with Crippen LogP contribution in [0, 0.1) is 13.8 Å². The Hall–Kier alpha value is -2.37. The maximum absolute atomic E-state index is 12.7. The van der Waals surface area contributed by atoms with Crippen LogP contribution in [0.4, 0.5) is 5.82 Å². The Balaban J connectivity index is 1.42. The van der Waals surface area contributed by atoms with Gasteiger partial charge in [-0.2, -0.15) is 0 Å². The van der Waals surface area contributed by atoms with Crippen LogP contribution in [0.2, 0.25) is 0 Å². The summed E-state index contributed by atoms with van der Waals surface area (Å²) >= 11 is 0. The highest BCUT2D eigenvalue weighted by molar-refractivity contribution is 5.95. The lowest BCUT2D eigenvalue weighted by atomic mass is 10.2. The first-order chi connectivity index (χ1) is 11.6. The van der Waals surface area contributed by atoms with Crippen LogP contribution in [0.15, 0.2) is 22.7 Å². The van der Waals surface area contributed by atoms with Crippen molar-refractivity contribution in [1.82, 2.24) is 14.9 Å². The Labute approximate surface area is 141 Å². The fraction of sp³-hybridized carbons (Fsp3) is 0.500. The molecule has 6 nitrogen and oxygen atoms in total. The molecule has 0 unspecified atom stereocenters. The van der Waals surface area contributed by atoms with Crippen molar-refractivity contribution in [1.29, 1.82) is 0 Å². The highest BCUT2D eigenvalue weighted by atomic mass is 16.3. The molecular formula is C18H22N4O2. The summed E-state index contributed by atoms with van der Waals surface area (Å²) < 4.78 is 5.48. The standard InChI is InChI=1S/C18H22N4O2/c1-12-11-15(13(2)24-12)18(23)22-9-7-21(8-10-22)16-5-6-19-17(20-16)14-3-4-14/h5-6,11,14H,3-4,7-10H2,1-2H3. The number of hydrogen-bond acceptors (Lipinski definition) is 5. The van der Waals surface area contributed by atoms with E-state index in [1.807, 2.05) is 37.1 Å². The summed E-state index contributed by atoms with van der Waals surface area (Å²) in [6.07, 6.45) is 4.26. The van der Waals surface area contributed by atoms with Crippen molar-refractivity contribution < 1.29 is 9.21 Å². The van der Waals surface area contributed by atoms with E-state index in [0.29, 0.717) is 30.3 Å². The Bertz CT molecular complexity index is 758. The largest absolute Gasteiger partial charge is 0.466 e. The number of hydrogen-bond donors (Lipinski definition) is 0. The van der Waals surface area contributed by atoms with E-state index in [9.17, 15) is 4.79 Å². The lowest BCUT2D eigenvalue weighted by Crippen LogP contribution is -2.49. The first kappa shape index (κ1) is 15.2. The Morgan fingerprint density at radius 3 is 2.58 bits per heavy atom. The third-order valence-electron chi connectivity index (χ3n) is 4.76. The van der Waals surface area contributed by atoms with Gasteiger partial charge < -0.3 is 14.2 Å². The number of carbonyl (C=O) groups excluding carboxylic acids is 1. The predicted molar refractivity (Wildman–Crippen MR) is 90.3 cm³/mol. The van der Waals surface area contributed by atoms with Gasteiger partial charge in [0, 0.05) is 38.3 Å². The van der Waals surface area contributed by atoms with E-state index in [1.165, 1.54) is 12.8 Å². The number of nitrogens with zero attached hydrogens (tertiary/aromatic N) is 4. The Morgan fingerprint density at radius 2 is 1.96 bits per heavy atom. The number of furan rings is 1. The van der Waals surface area contributed by atoms with Crippen LogP contribution in [-0.4, -0.2) is 47.0 Å². The molecule has 126 valence electrons. The van der Waals surface area contributed by atoms with Crippen molar-refractivity contribution >= 4 is 11.7 Å². The van der Waals surface area contributed by atoms with Crippen LogP contribution in [0.1, 0.15) is 46.5 Å². The SMILES string of the molecule is Cc1cc(C(=O)N2CCN(c3ccnc(C4CC4)n3)CC2)c(C)o1. The topological polar surface area (TPSA) is 62.5 Å². The van der Waals surface area contributed by atoms with E-state index in [0.717, 1.165) is 30.5 Å². The average molecular weight is 326 g/mol. The van der Waals surface area contributed by atoms with Gasteiger partial charge in [-0.1, -0.05) is 0 Å². The van der Waals surface area contributed by atoms with Crippen molar-refractivity contribution in [2.24, 2.45) is 0 Å². The van der Waals surface area contributed by atoms with Crippen molar-refractivity contribution in [2.45, 2.75) is 32.6 Å². The van der Waals surface area contributed by atoms with Crippen LogP contribution in [0.5, 0.6) is 0 Å². The van der Waals surface area contributed by atoms with Crippen molar-refractivity contribution in [2.75, 3.05) is 31.1 Å². The van der Waals surface area contributed by atoms with E-state index in [1.54, 1.807) is 0 Å². The minimum atomic E-state index is 0.0605. The second-order valence-corrected chi connectivity index (χ2v) is 6.65. The fourth-order valence-electron chi connectivity index (χ4n) is 3.23. The number of rotatable bonds is 3. The molecule has 6 heteroatoms. The van der Waals surface area contributed by atoms with Gasteiger partial charge >= 0.3 is 0 Å². The molecule has 4 rings (SSSR count). The average Bonchev–Trinajstić information content (AvgIpc) is 3.39. The van der Waals surface area contributed by atoms with Gasteiger partial charge in [-0.3, -0.25) is 4.79 Å². The lowest BCUT2D eigenvalue weighted by Gasteiger charge is -2.35. The molecule has 1 saturated heterocycles. The van der Waals surface area contributed by atoms with Gasteiger partial charge in [0.1, 0.15) is 23.2 Å². The van der Waals surface area contributed by atoms with Crippen molar-refractivity contribution in [3.05, 3.63) is 41.2 Å². The summed E-state index contributed by atoms with van der Waals surface area (Å²) in [6, 6.07) is 3.79. The third-order valence-corrected chi connectivity index (χ3v) is 4.76. The number of aromatic nitrogens is 2. The monoisotopic (exact) mass is 326 g/mol. The molecule has 0 N–H and O–H groups in total. The second-order valence-electron chi connectivity index (χ2n) is 6.65. The summed E-state index contributed by atoms with van der Waals surface area (Å²) in [7, 11) is 0. The molecule has 2 aromatic rings. The van der Waals surface area contributed by atoms with Gasteiger partial charge in [-0.05, 0) is 38.8 Å². The molecule has 1 amide bonds. The van der Waals surface area contributed by atoms with Gasteiger partial charge in [0.15, 0.2) is 0 Å². The summed E-state index contributed by atoms with van der Waals surface area (Å²) in [4.78, 5) is 25.9. The number of carbonyl (C=O) groups is 1. The van der Waals surface area contributed by atoms with Crippen LogP contribution >= 0.6 is 0 Å². The number of piperazine rings is 1. The van der Waals surface area contributed by atoms with Gasteiger partial charge in [0.05, 0.1) is 5.56 Å². The zero-order chi connectivity index (χ0) is 16.7. The molecule has 1 saturated carbocycles. The van der Waals surface area contributed by atoms with E-state index in [2.05, 4.69) is 9.88 Å². The molecule has 0 bridgehead atoms. The Morgan fingerprint density at radius 1 is 1.21 bits per heavy atom. The first-order valence-electron chi connectivity index (χ1n) is 8.56. The second kappa shape index (κ2) is 5.92. The van der Waals surface area contributed by atoms with Gasteiger partial charge in [-0.15, -0.1) is 0 Å². The quantitative estimate of drug-likeness (QED) is 0.867. The molecule has 2 aliphatic rings. The smallest absolute Gasteiger partial charge is 0.257 e. The molecule has 0 spiro atoms. The molecule has 3 heterocycles. The van der Waals surface area contributed by atoms with Crippen LogP contribution in [-0.2, 0) is 0 Å². The molecular weight excluding hydrogens is 304 g/mol. The minimum Gasteiger partial charge on any atom is -0.466 e. The highest BCUT2D eigenvalue weighted by Gasteiger charge is 2.28. The number of anilines is 1. The summed E-state index contributed by atoms with van der Waals surface area (Å²) in [6.45, 7) is 6.70. The molecule has 0 aromatic carbocycles. The van der Waals surface area contributed by atoms with Gasteiger partial charge in [0.25, 0.3) is 5.91 Å². The molecule has 2 aromatic heterocycles. The summed E-state index contributed by atoms with van der Waals surface area (Å²) in [5, 5.41) is 0. The van der Waals surface area contributed by atoms with E-state index >= 15 is 0 Å². The lowest BCUT2D eigenvalue weighted by molar-refractivity contribution is 0.0744. The maximum atomic E-state index is 12.7. The summed E-state index contributed by atoms with van der Waals surface area (Å²) in [5.41, 5.74) is 0.680. The van der Waals surface area contributed by atoms with E-state index < -0.39 is 0 Å². The zero-order valence-corrected chi connectivity index (χ0v) is 14.2. The first-order valence-corrected chi connectivity index (χ1v) is 8.56. The number of amides is 1. The zero-order valence-electron chi connectivity index (χ0n) is 14.2. The number of aryl methyl sites for hydroxylation is 2. The van der Waals surface area contributed by atoms with Crippen molar-refractivity contribution in [3.8, 4) is 0 Å². The predicted octanol–water partition coefficient (Wildman–Crippen LogP) is 2.53. The van der Waals surface area contributed by atoms with Crippen LogP contribution < -0.4 is 4.90 Å². The van der Waals surface area contributed by atoms with Gasteiger partial charge in [0.2, 0.25) is 0 Å². The van der Waals surface area contributed by atoms with Crippen molar-refractivity contribution in [3.63, 3.8) is 0 Å². The molecule has 0 atom stereocenters. The highest BCUT2D eigenvalue weighted by Crippen LogP contribution is 2.38. The maximum Gasteiger partial charge on any atom is 0.257 e. The summed E-state index contributed by atoms with van der Waals surface area (Å²) in [5.74, 6) is 4.04. The molecule has 1 aliphatic carbocycles.